The lowest BCUT2D eigenvalue weighted by Crippen LogP contribution is -2.41. The van der Waals surface area contributed by atoms with Crippen LogP contribution in [0.1, 0.15) is 49.2 Å². The Kier molecular flexibility index (Phi) is 10.0. The number of likely N-dealkylation sites (tertiary alicyclic amines) is 1. The summed E-state index contributed by atoms with van der Waals surface area (Å²) in [6, 6.07) is 10.9. The van der Waals surface area contributed by atoms with E-state index in [1.165, 1.54) is 18.2 Å². The van der Waals surface area contributed by atoms with Crippen LogP contribution in [0.3, 0.4) is 0 Å². The summed E-state index contributed by atoms with van der Waals surface area (Å²) in [6.07, 6.45) is 6.17. The highest BCUT2D eigenvalue weighted by Gasteiger charge is 2.43. The Bertz CT molecular complexity index is 1550. The average Bonchev–Trinajstić information content (AvgIpc) is 3.38. The molecule has 1 unspecified atom stereocenters. The van der Waals surface area contributed by atoms with E-state index in [1.807, 2.05) is 24.0 Å². The zero-order valence-electron chi connectivity index (χ0n) is 26.6. The van der Waals surface area contributed by atoms with Gasteiger partial charge in [-0.1, -0.05) is 12.1 Å². The van der Waals surface area contributed by atoms with Crippen molar-refractivity contribution in [3.63, 3.8) is 0 Å². The number of carbonyl (C=O) groups excluding carboxylic acids is 2. The minimum Gasteiger partial charge on any atom is -0.439 e. The van der Waals surface area contributed by atoms with Crippen molar-refractivity contribution in [2.75, 3.05) is 46.4 Å². The minimum absolute atomic E-state index is 0.0462. The Balaban J connectivity index is 1.12. The van der Waals surface area contributed by atoms with E-state index in [9.17, 15) is 18.4 Å². The number of benzene rings is 1. The quantitative estimate of drug-likeness (QED) is 0.237. The Hall–Kier alpha value is -4.38. The van der Waals surface area contributed by atoms with Crippen molar-refractivity contribution < 1.29 is 27.8 Å². The first-order valence-electron chi connectivity index (χ1n) is 15.6. The second-order valence-electron chi connectivity index (χ2n) is 12.2. The average molecular weight is 634 g/mol. The molecule has 11 heteroatoms. The van der Waals surface area contributed by atoms with Gasteiger partial charge in [-0.3, -0.25) is 14.6 Å². The van der Waals surface area contributed by atoms with Crippen LogP contribution in [-0.4, -0.2) is 78.9 Å². The minimum atomic E-state index is -3.13. The molecule has 0 spiro atoms. The fourth-order valence-electron chi connectivity index (χ4n) is 6.12. The maximum Gasteiger partial charge on any atom is 0.293 e. The third kappa shape index (κ3) is 7.20. The first-order valence-corrected chi connectivity index (χ1v) is 15.6. The van der Waals surface area contributed by atoms with Gasteiger partial charge in [-0.15, -0.1) is 6.58 Å². The molecule has 3 heterocycles. The van der Waals surface area contributed by atoms with Gasteiger partial charge in [0.1, 0.15) is 11.4 Å². The van der Waals surface area contributed by atoms with E-state index in [0.29, 0.717) is 55.6 Å². The summed E-state index contributed by atoms with van der Waals surface area (Å²) in [5.74, 6) is -2.46. The molecule has 1 aromatic heterocycles. The maximum absolute atomic E-state index is 14.2. The number of fused-ring (bicyclic) bond motifs is 1. The van der Waals surface area contributed by atoms with Gasteiger partial charge in [0.15, 0.2) is 0 Å². The standard InChI is InChI=1S/C35H41F2N5O4/c1-5-17-35(36,37)30-7-6-8-31(39-30)46-27-11-9-26(10-12-27)33(44)41-19-15-25(16-20-41)22-42-23-34(3)24(2)28(13-14-29(34)40-42)32(43)38-18-21-45-4/h5-14,25H,1,15-23H2,2-4H3,(H,38,43). The number of ether oxygens (including phenoxy) is 2. The predicted octanol–water partition coefficient (Wildman–Crippen LogP) is 5.72. The molecule has 1 N–H and O–H groups in total. The van der Waals surface area contributed by atoms with E-state index in [0.717, 1.165) is 36.7 Å². The normalized spacial score (nSPS) is 20.0. The molecular formula is C35H41F2N5O4. The van der Waals surface area contributed by atoms with Gasteiger partial charge in [0.2, 0.25) is 5.88 Å². The Morgan fingerprint density at radius 3 is 2.59 bits per heavy atom. The predicted molar refractivity (Wildman–Crippen MR) is 172 cm³/mol. The van der Waals surface area contributed by atoms with Crippen molar-refractivity contribution in [3.8, 4) is 11.6 Å². The van der Waals surface area contributed by atoms with Gasteiger partial charge in [0.05, 0.1) is 24.3 Å². The maximum atomic E-state index is 14.2. The molecule has 2 amide bonds. The number of piperidine rings is 1. The van der Waals surface area contributed by atoms with Gasteiger partial charge in [-0.25, -0.2) is 4.98 Å². The highest BCUT2D eigenvalue weighted by Crippen LogP contribution is 2.41. The molecule has 5 rings (SSSR count). The van der Waals surface area contributed by atoms with Crippen LogP contribution in [0.25, 0.3) is 0 Å². The van der Waals surface area contributed by atoms with Crippen LogP contribution in [0.4, 0.5) is 8.78 Å². The first-order chi connectivity index (χ1) is 22.0. The third-order valence-corrected chi connectivity index (χ3v) is 8.98. The Morgan fingerprint density at radius 2 is 1.89 bits per heavy atom. The van der Waals surface area contributed by atoms with Crippen LogP contribution >= 0.6 is 0 Å². The molecule has 1 aliphatic carbocycles. The van der Waals surface area contributed by atoms with E-state index in [1.54, 1.807) is 31.4 Å². The molecule has 1 aromatic carbocycles. The number of carbonyl (C=O) groups is 2. The van der Waals surface area contributed by atoms with Crippen LogP contribution in [0.2, 0.25) is 0 Å². The van der Waals surface area contributed by atoms with Gasteiger partial charge >= 0.3 is 0 Å². The summed E-state index contributed by atoms with van der Waals surface area (Å²) in [6.45, 7) is 11.2. The van der Waals surface area contributed by atoms with Gasteiger partial charge in [0, 0.05) is 56.9 Å². The fraction of sp³-hybridized carbons (Fsp3) is 0.429. The van der Waals surface area contributed by atoms with Crippen molar-refractivity contribution >= 4 is 17.5 Å². The van der Waals surface area contributed by atoms with Crippen LogP contribution in [0, 0.1) is 11.3 Å². The van der Waals surface area contributed by atoms with E-state index in [-0.39, 0.29) is 28.8 Å². The first kappa shape index (κ1) is 33.0. The number of hydrogen-bond acceptors (Lipinski definition) is 7. The van der Waals surface area contributed by atoms with Gasteiger partial charge in [0.25, 0.3) is 17.7 Å². The summed E-state index contributed by atoms with van der Waals surface area (Å²) >= 11 is 0. The third-order valence-electron chi connectivity index (χ3n) is 8.98. The molecular weight excluding hydrogens is 592 g/mol. The number of pyridine rings is 1. The summed E-state index contributed by atoms with van der Waals surface area (Å²) in [5.41, 5.74) is 2.47. The Labute approximate surface area is 268 Å². The molecule has 244 valence electrons. The van der Waals surface area contributed by atoms with Gasteiger partial charge in [-0.05, 0) is 80.7 Å². The molecule has 46 heavy (non-hydrogen) atoms. The molecule has 9 nitrogen and oxygen atoms in total. The van der Waals surface area contributed by atoms with E-state index < -0.39 is 12.3 Å². The molecule has 0 radical (unpaired) electrons. The summed E-state index contributed by atoms with van der Waals surface area (Å²) < 4.78 is 39.2. The van der Waals surface area contributed by atoms with Crippen LogP contribution in [0.5, 0.6) is 11.6 Å². The number of hydrazone groups is 1. The lowest BCUT2D eigenvalue weighted by atomic mass is 9.73. The SMILES string of the molecule is C=CCC(F)(F)c1cccc(Oc2ccc(C(=O)N3CCC(CN4CC5(C)C(=N4)C=CC(C(=O)NCCOC)=C5C)CC3)cc2)n1. The van der Waals surface area contributed by atoms with Crippen molar-refractivity contribution in [2.24, 2.45) is 16.4 Å². The zero-order chi connectivity index (χ0) is 32.9. The monoisotopic (exact) mass is 633 g/mol. The number of halogens is 2. The highest BCUT2D eigenvalue weighted by molar-refractivity contribution is 6.09. The summed E-state index contributed by atoms with van der Waals surface area (Å²) in [7, 11) is 1.61. The van der Waals surface area contributed by atoms with Crippen molar-refractivity contribution in [2.45, 2.75) is 39.0 Å². The number of aromatic nitrogens is 1. The van der Waals surface area contributed by atoms with E-state index in [4.69, 9.17) is 14.6 Å². The van der Waals surface area contributed by atoms with Gasteiger partial charge < -0.3 is 19.7 Å². The fourth-order valence-corrected chi connectivity index (χ4v) is 6.12. The second-order valence-corrected chi connectivity index (χ2v) is 12.2. The molecule has 0 saturated carbocycles. The van der Waals surface area contributed by atoms with Crippen LogP contribution < -0.4 is 10.1 Å². The molecule has 2 aliphatic heterocycles. The van der Waals surface area contributed by atoms with Crippen LogP contribution in [0.15, 0.2) is 83.5 Å². The lowest BCUT2D eigenvalue weighted by Gasteiger charge is -2.35. The number of hydrogen-bond donors (Lipinski definition) is 1. The summed E-state index contributed by atoms with van der Waals surface area (Å²) in [5, 5.41) is 9.92. The molecule has 1 atom stereocenters. The molecule has 2 aromatic rings. The number of alkyl halides is 2. The van der Waals surface area contributed by atoms with Crippen molar-refractivity contribution in [1.29, 1.82) is 0 Å². The lowest BCUT2D eigenvalue weighted by molar-refractivity contribution is -0.117. The second kappa shape index (κ2) is 13.9. The molecule has 3 aliphatic rings. The van der Waals surface area contributed by atoms with E-state index >= 15 is 0 Å². The molecule has 0 bridgehead atoms. The number of amides is 2. The topological polar surface area (TPSA) is 96.4 Å². The largest absolute Gasteiger partial charge is 0.439 e. The highest BCUT2D eigenvalue weighted by atomic mass is 19.3. The van der Waals surface area contributed by atoms with Crippen molar-refractivity contribution in [1.82, 2.24) is 20.2 Å². The molecule has 1 fully saturated rings. The van der Waals surface area contributed by atoms with Crippen LogP contribution in [-0.2, 0) is 15.5 Å². The summed E-state index contributed by atoms with van der Waals surface area (Å²) in [4.78, 5) is 31.8. The molecule has 1 saturated heterocycles. The number of rotatable bonds is 12. The number of allylic oxidation sites excluding steroid dienone is 2. The van der Waals surface area contributed by atoms with Gasteiger partial charge in [-0.2, -0.15) is 13.9 Å². The zero-order valence-corrected chi connectivity index (χ0v) is 26.6. The number of nitrogens with one attached hydrogen (secondary N) is 1. The number of methoxy groups -OCH3 is 1. The Morgan fingerprint density at radius 1 is 1.15 bits per heavy atom. The van der Waals surface area contributed by atoms with Crippen molar-refractivity contribution in [3.05, 3.63) is 89.7 Å². The number of nitrogens with zero attached hydrogens (tertiary/aromatic N) is 4. The van der Waals surface area contributed by atoms with E-state index in [2.05, 4.69) is 28.8 Å². The smallest absolute Gasteiger partial charge is 0.293 e.